The molecule has 1 aromatic carbocycles. The molecule has 17 heavy (non-hydrogen) atoms. The fourth-order valence-electron chi connectivity index (χ4n) is 1.80. The summed E-state index contributed by atoms with van der Waals surface area (Å²) < 4.78 is 5.31. The number of hydrogen-bond donors (Lipinski definition) is 2. The second kappa shape index (κ2) is 5.53. The van der Waals surface area contributed by atoms with E-state index in [0.29, 0.717) is 25.3 Å². The van der Waals surface area contributed by atoms with E-state index in [1.54, 1.807) is 29.2 Å². The maximum Gasteiger partial charge on any atom is 0.254 e. The van der Waals surface area contributed by atoms with Gasteiger partial charge in [-0.05, 0) is 24.3 Å². The van der Waals surface area contributed by atoms with Gasteiger partial charge in [0.15, 0.2) is 0 Å². The zero-order chi connectivity index (χ0) is 12.3. The van der Waals surface area contributed by atoms with Crippen LogP contribution >= 0.6 is 12.6 Å². The molecule has 1 N–H and O–H groups in total. The number of benzene rings is 1. The number of aliphatic hydroxyl groups excluding tert-OH is 1. The quantitative estimate of drug-likeness (QED) is 0.767. The van der Waals surface area contributed by atoms with Crippen LogP contribution in [0.15, 0.2) is 29.2 Å². The first-order valence-corrected chi connectivity index (χ1v) is 5.96. The molecule has 4 nitrogen and oxygen atoms in total. The molecule has 0 aliphatic carbocycles. The highest BCUT2D eigenvalue weighted by Crippen LogP contribution is 2.13. The fraction of sp³-hybridized carbons (Fsp3) is 0.417. The van der Waals surface area contributed by atoms with Crippen molar-refractivity contribution in [3.63, 3.8) is 0 Å². The lowest BCUT2D eigenvalue weighted by atomic mass is 10.2. The van der Waals surface area contributed by atoms with E-state index in [1.807, 2.05) is 0 Å². The smallest absolute Gasteiger partial charge is 0.254 e. The van der Waals surface area contributed by atoms with Crippen molar-refractivity contribution in [2.24, 2.45) is 0 Å². The van der Waals surface area contributed by atoms with Crippen LogP contribution in [0.25, 0.3) is 0 Å². The first kappa shape index (κ1) is 12.4. The molecule has 0 bridgehead atoms. The van der Waals surface area contributed by atoms with Crippen LogP contribution in [0.5, 0.6) is 0 Å². The minimum Gasteiger partial charge on any atom is -0.394 e. The van der Waals surface area contributed by atoms with Crippen molar-refractivity contribution in [3.8, 4) is 0 Å². The van der Waals surface area contributed by atoms with Crippen molar-refractivity contribution in [1.82, 2.24) is 4.90 Å². The number of carbonyl (C=O) groups excluding carboxylic acids is 1. The van der Waals surface area contributed by atoms with Gasteiger partial charge in [-0.2, -0.15) is 0 Å². The minimum atomic E-state index is -0.267. The standard InChI is InChI=1S/C12H15NO3S/c14-8-10-7-13(5-6-16-10)12(15)9-1-3-11(17)4-2-9/h1-4,10,14,17H,5-8H2. The maximum atomic E-state index is 12.1. The number of hydrogen-bond acceptors (Lipinski definition) is 4. The normalized spacial score (nSPS) is 20.4. The van der Waals surface area contributed by atoms with Crippen molar-refractivity contribution in [2.45, 2.75) is 11.0 Å². The molecule has 1 saturated heterocycles. The first-order valence-electron chi connectivity index (χ1n) is 5.51. The molecule has 1 heterocycles. The molecule has 0 saturated carbocycles. The van der Waals surface area contributed by atoms with Gasteiger partial charge in [-0.15, -0.1) is 12.6 Å². The van der Waals surface area contributed by atoms with E-state index in [0.717, 1.165) is 4.90 Å². The molecule has 1 atom stereocenters. The van der Waals surface area contributed by atoms with E-state index in [1.165, 1.54) is 0 Å². The monoisotopic (exact) mass is 253 g/mol. The molecule has 1 aromatic rings. The summed E-state index contributed by atoms with van der Waals surface area (Å²) in [5.74, 6) is -0.0277. The van der Waals surface area contributed by atoms with Crippen molar-refractivity contribution < 1.29 is 14.6 Å². The summed E-state index contributed by atoms with van der Waals surface area (Å²) >= 11 is 4.18. The van der Waals surface area contributed by atoms with Gasteiger partial charge in [0.25, 0.3) is 5.91 Å². The number of morpholine rings is 1. The van der Waals surface area contributed by atoms with Gasteiger partial charge in [-0.3, -0.25) is 4.79 Å². The van der Waals surface area contributed by atoms with E-state index in [4.69, 9.17) is 9.84 Å². The third kappa shape index (κ3) is 3.00. The third-order valence-corrected chi connectivity index (χ3v) is 3.04. The summed E-state index contributed by atoms with van der Waals surface area (Å²) in [7, 11) is 0. The lowest BCUT2D eigenvalue weighted by Gasteiger charge is -2.32. The Bertz CT molecular complexity index is 393. The first-order chi connectivity index (χ1) is 8.20. The van der Waals surface area contributed by atoms with Gasteiger partial charge < -0.3 is 14.7 Å². The Morgan fingerprint density at radius 3 is 2.82 bits per heavy atom. The number of ether oxygens (including phenoxy) is 1. The highest BCUT2D eigenvalue weighted by Gasteiger charge is 2.24. The molecule has 92 valence electrons. The molecule has 2 rings (SSSR count). The third-order valence-electron chi connectivity index (χ3n) is 2.74. The van der Waals surface area contributed by atoms with E-state index in [2.05, 4.69) is 12.6 Å². The van der Waals surface area contributed by atoms with Crippen LogP contribution in [0.4, 0.5) is 0 Å². The van der Waals surface area contributed by atoms with Crippen LogP contribution in [-0.2, 0) is 4.74 Å². The largest absolute Gasteiger partial charge is 0.394 e. The Balaban J connectivity index is 2.06. The second-order valence-corrected chi connectivity index (χ2v) is 4.49. The molecular weight excluding hydrogens is 238 g/mol. The Hall–Kier alpha value is -1.04. The predicted octanol–water partition coefficient (Wildman–Crippen LogP) is 0.809. The fourth-order valence-corrected chi connectivity index (χ4v) is 1.95. The average Bonchev–Trinajstić information content (AvgIpc) is 2.39. The van der Waals surface area contributed by atoms with Crippen LogP contribution in [0.1, 0.15) is 10.4 Å². The molecule has 1 aliphatic rings. The van der Waals surface area contributed by atoms with Gasteiger partial charge in [-0.1, -0.05) is 0 Å². The van der Waals surface area contributed by atoms with Gasteiger partial charge in [0.2, 0.25) is 0 Å². The minimum absolute atomic E-state index is 0.0277. The molecule has 0 radical (unpaired) electrons. The van der Waals surface area contributed by atoms with Gasteiger partial charge in [0, 0.05) is 23.5 Å². The number of rotatable bonds is 2. The highest BCUT2D eigenvalue weighted by atomic mass is 32.1. The van der Waals surface area contributed by atoms with E-state index < -0.39 is 0 Å². The van der Waals surface area contributed by atoms with Crippen LogP contribution in [0.2, 0.25) is 0 Å². The van der Waals surface area contributed by atoms with E-state index >= 15 is 0 Å². The number of nitrogens with zero attached hydrogens (tertiary/aromatic N) is 1. The second-order valence-electron chi connectivity index (χ2n) is 3.97. The molecule has 1 unspecified atom stereocenters. The van der Waals surface area contributed by atoms with Gasteiger partial charge >= 0.3 is 0 Å². The van der Waals surface area contributed by atoms with Crippen LogP contribution in [0.3, 0.4) is 0 Å². The highest BCUT2D eigenvalue weighted by molar-refractivity contribution is 7.80. The number of aliphatic hydroxyl groups is 1. The van der Waals surface area contributed by atoms with E-state index in [-0.39, 0.29) is 18.6 Å². The summed E-state index contributed by atoms with van der Waals surface area (Å²) in [6.45, 7) is 1.43. The zero-order valence-corrected chi connectivity index (χ0v) is 10.3. The maximum absolute atomic E-state index is 12.1. The lowest BCUT2D eigenvalue weighted by Crippen LogP contribution is -2.46. The zero-order valence-electron chi connectivity index (χ0n) is 9.37. The van der Waals surface area contributed by atoms with Gasteiger partial charge in [0.05, 0.1) is 19.3 Å². The van der Waals surface area contributed by atoms with Crippen LogP contribution < -0.4 is 0 Å². The number of thiol groups is 1. The summed E-state index contributed by atoms with van der Waals surface area (Å²) in [5, 5.41) is 9.02. The number of amides is 1. The summed E-state index contributed by atoms with van der Waals surface area (Å²) in [4.78, 5) is 14.7. The lowest BCUT2D eigenvalue weighted by molar-refractivity contribution is -0.0447. The Morgan fingerprint density at radius 2 is 2.18 bits per heavy atom. The van der Waals surface area contributed by atoms with E-state index in [9.17, 15) is 4.79 Å². The Morgan fingerprint density at radius 1 is 1.47 bits per heavy atom. The number of carbonyl (C=O) groups is 1. The molecule has 1 amide bonds. The van der Waals surface area contributed by atoms with Crippen LogP contribution in [0, 0.1) is 0 Å². The summed E-state index contributed by atoms with van der Waals surface area (Å²) in [6.07, 6.45) is -0.267. The summed E-state index contributed by atoms with van der Waals surface area (Å²) in [5.41, 5.74) is 0.640. The Kier molecular flexibility index (Phi) is 4.04. The predicted molar refractivity (Wildman–Crippen MR) is 66.4 cm³/mol. The SMILES string of the molecule is O=C(c1ccc(S)cc1)N1CCOC(CO)C1. The van der Waals surface area contributed by atoms with Crippen molar-refractivity contribution >= 4 is 18.5 Å². The topological polar surface area (TPSA) is 49.8 Å². The molecule has 0 spiro atoms. The van der Waals surface area contributed by atoms with Crippen LogP contribution in [-0.4, -0.2) is 48.3 Å². The molecule has 1 fully saturated rings. The van der Waals surface area contributed by atoms with Gasteiger partial charge in [0.1, 0.15) is 0 Å². The molecule has 5 heteroatoms. The molecular formula is C12H15NO3S. The molecule has 0 aromatic heterocycles. The van der Waals surface area contributed by atoms with Gasteiger partial charge in [-0.25, -0.2) is 0 Å². The molecule has 1 aliphatic heterocycles. The van der Waals surface area contributed by atoms with Crippen molar-refractivity contribution in [3.05, 3.63) is 29.8 Å². The Labute approximate surface area is 106 Å². The van der Waals surface area contributed by atoms with Crippen molar-refractivity contribution in [2.75, 3.05) is 26.3 Å². The van der Waals surface area contributed by atoms with Crippen molar-refractivity contribution in [1.29, 1.82) is 0 Å². The summed E-state index contributed by atoms with van der Waals surface area (Å²) in [6, 6.07) is 7.10. The average molecular weight is 253 g/mol.